The molecule has 0 bridgehead atoms. The number of aliphatic hydroxyl groups excluding tert-OH is 1. The van der Waals surface area contributed by atoms with Gasteiger partial charge in [0.15, 0.2) is 12.2 Å². The highest BCUT2D eigenvalue weighted by atomic mass is 31.2. The fourth-order valence-electron chi connectivity index (χ4n) is 13.7. The molecule has 19 heteroatoms. The van der Waals surface area contributed by atoms with Gasteiger partial charge in [-0.1, -0.05) is 414 Å². The standard InChI is InChI=1S/C88H172O17P2/c1-8-10-11-12-13-14-15-16-23-31-36-41-50-57-64-71-88(93)105-84(76-99-86(91)70-63-56-49-44-43-46-53-60-67-80(5)6)78-103-107(96,97)101-74-82(89)73-100-106(94,95)102-77-83(75-98-85(90)69-62-55-48-40-35-30-26-22-21-24-28-33-38-45-52-59-66-79(3)4)104-87(92)72-65-58-51-42-37-32-27-20-18-17-19-25-29-34-39-47-54-61-68-81(7)9-2/h79-84,89H,8-78H2,1-7H3,(H,94,95)(H,96,97)/t81?,82-,83-,84-/m1/s1. The van der Waals surface area contributed by atoms with Crippen molar-refractivity contribution < 1.29 is 80.2 Å². The Morgan fingerprint density at radius 2 is 0.477 bits per heavy atom. The van der Waals surface area contributed by atoms with Gasteiger partial charge in [-0.25, -0.2) is 9.13 Å². The minimum atomic E-state index is -4.97. The van der Waals surface area contributed by atoms with Gasteiger partial charge in [0.05, 0.1) is 26.4 Å². The van der Waals surface area contributed by atoms with E-state index in [2.05, 4.69) is 48.5 Å². The molecule has 0 aliphatic carbocycles. The quantitative estimate of drug-likeness (QED) is 0.0222. The van der Waals surface area contributed by atoms with Gasteiger partial charge in [0.25, 0.3) is 0 Å². The van der Waals surface area contributed by atoms with Crippen molar-refractivity contribution in [1.29, 1.82) is 0 Å². The topological polar surface area (TPSA) is 237 Å². The van der Waals surface area contributed by atoms with E-state index in [0.717, 1.165) is 108 Å². The van der Waals surface area contributed by atoms with Crippen molar-refractivity contribution in [1.82, 2.24) is 0 Å². The Balaban J connectivity index is 5.23. The molecule has 0 fully saturated rings. The lowest BCUT2D eigenvalue weighted by atomic mass is 9.99. The van der Waals surface area contributed by atoms with Crippen molar-refractivity contribution in [3.63, 3.8) is 0 Å². The number of phosphoric ester groups is 2. The third-order valence-electron chi connectivity index (χ3n) is 21.0. The van der Waals surface area contributed by atoms with Crippen molar-refractivity contribution in [2.75, 3.05) is 39.6 Å². The average Bonchev–Trinajstić information content (AvgIpc) is 0.908. The normalized spacial score (nSPS) is 14.1. The second kappa shape index (κ2) is 78.0. The summed E-state index contributed by atoms with van der Waals surface area (Å²) in [5, 5.41) is 10.7. The summed E-state index contributed by atoms with van der Waals surface area (Å²) in [5.74, 6) is 0.308. The van der Waals surface area contributed by atoms with Crippen LogP contribution < -0.4 is 0 Å². The Bertz CT molecular complexity index is 2060. The Labute approximate surface area is 658 Å². The van der Waals surface area contributed by atoms with Crippen LogP contribution in [0.1, 0.15) is 466 Å². The maximum atomic E-state index is 13.2. The van der Waals surface area contributed by atoms with E-state index in [-0.39, 0.29) is 25.7 Å². The van der Waals surface area contributed by atoms with Crippen LogP contribution in [0.2, 0.25) is 0 Å². The summed E-state index contributed by atoms with van der Waals surface area (Å²) in [4.78, 5) is 73.3. The molecule has 0 aliphatic rings. The van der Waals surface area contributed by atoms with Gasteiger partial charge in [-0.15, -0.1) is 0 Å². The molecule has 0 heterocycles. The Morgan fingerprint density at radius 1 is 0.271 bits per heavy atom. The highest BCUT2D eigenvalue weighted by Crippen LogP contribution is 2.45. The number of carbonyl (C=O) groups is 4. The van der Waals surface area contributed by atoms with Gasteiger partial charge >= 0.3 is 39.5 Å². The van der Waals surface area contributed by atoms with E-state index in [1.807, 2.05) is 0 Å². The number of aliphatic hydroxyl groups is 1. The molecule has 636 valence electrons. The number of unbranched alkanes of at least 4 members (excludes halogenated alkanes) is 53. The van der Waals surface area contributed by atoms with E-state index in [1.165, 1.54) is 276 Å². The SMILES string of the molecule is CCCCCCCCCCCCCCCCCC(=O)O[C@H](COC(=O)CCCCCCCCCCC(C)C)COP(=O)(O)OC[C@H](O)COP(=O)(O)OC[C@@H](COC(=O)CCCCCCCCCCCCCCCCCCC(C)C)OC(=O)CCCCCCCCCCCCCCCCCCCCC(C)CC. The van der Waals surface area contributed by atoms with E-state index in [1.54, 1.807) is 0 Å². The highest BCUT2D eigenvalue weighted by molar-refractivity contribution is 7.47. The molecule has 0 aromatic rings. The molecule has 0 aromatic carbocycles. The summed E-state index contributed by atoms with van der Waals surface area (Å²) in [6.45, 7) is 12.1. The smallest absolute Gasteiger partial charge is 0.462 e. The summed E-state index contributed by atoms with van der Waals surface area (Å²) >= 11 is 0. The minimum Gasteiger partial charge on any atom is -0.462 e. The molecule has 0 saturated heterocycles. The molecule has 0 radical (unpaired) electrons. The van der Waals surface area contributed by atoms with Crippen molar-refractivity contribution in [2.24, 2.45) is 17.8 Å². The molecule has 0 amide bonds. The number of rotatable bonds is 86. The van der Waals surface area contributed by atoms with Crippen LogP contribution in [0.15, 0.2) is 0 Å². The van der Waals surface area contributed by atoms with Gasteiger partial charge in [0, 0.05) is 25.7 Å². The number of hydrogen-bond donors (Lipinski definition) is 3. The Morgan fingerprint density at radius 3 is 0.710 bits per heavy atom. The molecule has 0 saturated carbocycles. The molecule has 3 N–H and O–H groups in total. The molecule has 6 atom stereocenters. The van der Waals surface area contributed by atoms with Gasteiger partial charge in [-0.3, -0.25) is 37.3 Å². The summed E-state index contributed by atoms with van der Waals surface area (Å²) < 4.78 is 69.0. The lowest BCUT2D eigenvalue weighted by molar-refractivity contribution is -0.161. The van der Waals surface area contributed by atoms with E-state index in [4.69, 9.17) is 37.0 Å². The number of ether oxygens (including phenoxy) is 4. The van der Waals surface area contributed by atoms with Crippen LogP contribution in [-0.4, -0.2) is 96.7 Å². The third kappa shape index (κ3) is 80.5. The molecular formula is C88H172O17P2. The van der Waals surface area contributed by atoms with Crippen LogP contribution in [-0.2, 0) is 65.4 Å². The van der Waals surface area contributed by atoms with Gasteiger partial charge in [0.1, 0.15) is 19.3 Å². The van der Waals surface area contributed by atoms with Crippen molar-refractivity contribution in [2.45, 2.75) is 484 Å². The highest BCUT2D eigenvalue weighted by Gasteiger charge is 2.31. The largest absolute Gasteiger partial charge is 0.472 e. The fraction of sp³-hybridized carbons (Fsp3) is 0.955. The van der Waals surface area contributed by atoms with E-state index >= 15 is 0 Å². The van der Waals surface area contributed by atoms with Gasteiger partial charge in [0.2, 0.25) is 0 Å². The first-order valence-electron chi connectivity index (χ1n) is 45.4. The van der Waals surface area contributed by atoms with Crippen LogP contribution >= 0.6 is 15.6 Å². The zero-order chi connectivity index (χ0) is 78.6. The fourth-order valence-corrected chi connectivity index (χ4v) is 15.3. The molecule has 3 unspecified atom stereocenters. The number of carbonyl (C=O) groups excluding carboxylic acids is 4. The summed E-state index contributed by atoms with van der Waals surface area (Å²) in [5.41, 5.74) is 0. The molecule has 0 spiro atoms. The van der Waals surface area contributed by atoms with E-state index in [0.29, 0.717) is 25.7 Å². The second-order valence-electron chi connectivity index (χ2n) is 32.8. The summed E-state index contributed by atoms with van der Waals surface area (Å²) in [6, 6.07) is 0. The lowest BCUT2D eigenvalue weighted by Gasteiger charge is -2.21. The first kappa shape index (κ1) is 105. The zero-order valence-electron chi connectivity index (χ0n) is 70.6. The van der Waals surface area contributed by atoms with Crippen LogP contribution in [0, 0.1) is 17.8 Å². The van der Waals surface area contributed by atoms with Gasteiger partial charge < -0.3 is 33.8 Å². The first-order chi connectivity index (χ1) is 51.8. The predicted octanol–water partition coefficient (Wildman–Crippen LogP) is 26.9. The molecule has 107 heavy (non-hydrogen) atoms. The van der Waals surface area contributed by atoms with Crippen LogP contribution in [0.25, 0.3) is 0 Å². The third-order valence-corrected chi connectivity index (χ3v) is 22.9. The zero-order valence-corrected chi connectivity index (χ0v) is 72.4. The molecular weight excluding hydrogens is 1390 g/mol. The summed E-state index contributed by atoms with van der Waals surface area (Å²) in [6.07, 6.45) is 69.4. The average molecular weight is 1560 g/mol. The van der Waals surface area contributed by atoms with Crippen molar-refractivity contribution in [3.05, 3.63) is 0 Å². The number of hydrogen-bond acceptors (Lipinski definition) is 15. The van der Waals surface area contributed by atoms with Gasteiger partial charge in [-0.05, 0) is 43.4 Å². The van der Waals surface area contributed by atoms with E-state index < -0.39 is 97.5 Å². The Kier molecular flexibility index (Phi) is 76.6. The minimum absolute atomic E-state index is 0.108. The maximum absolute atomic E-state index is 13.2. The van der Waals surface area contributed by atoms with Crippen LogP contribution in [0.5, 0.6) is 0 Å². The molecule has 0 aromatic heterocycles. The predicted molar refractivity (Wildman–Crippen MR) is 441 cm³/mol. The van der Waals surface area contributed by atoms with Crippen LogP contribution in [0.3, 0.4) is 0 Å². The van der Waals surface area contributed by atoms with Gasteiger partial charge in [-0.2, -0.15) is 0 Å². The maximum Gasteiger partial charge on any atom is 0.472 e. The molecule has 0 aliphatic heterocycles. The first-order valence-corrected chi connectivity index (χ1v) is 48.4. The van der Waals surface area contributed by atoms with Crippen molar-refractivity contribution >= 4 is 39.5 Å². The van der Waals surface area contributed by atoms with E-state index in [9.17, 15) is 43.2 Å². The number of esters is 4. The lowest BCUT2D eigenvalue weighted by Crippen LogP contribution is -2.30. The monoisotopic (exact) mass is 1560 g/mol. The summed E-state index contributed by atoms with van der Waals surface area (Å²) in [7, 11) is -9.93. The molecule has 17 nitrogen and oxygen atoms in total. The second-order valence-corrected chi connectivity index (χ2v) is 35.7. The van der Waals surface area contributed by atoms with Crippen LogP contribution in [0.4, 0.5) is 0 Å². The number of phosphoric acid groups is 2. The molecule has 0 rings (SSSR count). The Hall–Kier alpha value is -1.94. The van der Waals surface area contributed by atoms with Crippen molar-refractivity contribution in [3.8, 4) is 0 Å².